The van der Waals surface area contributed by atoms with Gasteiger partial charge in [0.25, 0.3) is 0 Å². The van der Waals surface area contributed by atoms with Gasteiger partial charge in [-0.25, -0.2) is 0 Å². The first-order chi connectivity index (χ1) is 9.45. The van der Waals surface area contributed by atoms with Gasteiger partial charge in [-0.2, -0.15) is 5.26 Å². The summed E-state index contributed by atoms with van der Waals surface area (Å²) >= 11 is 0. The molecular weight excluding hydrogens is 244 g/mol. The minimum absolute atomic E-state index is 0.0626. The van der Waals surface area contributed by atoms with Crippen molar-refractivity contribution in [2.24, 2.45) is 0 Å². The molecule has 0 aliphatic carbocycles. The van der Waals surface area contributed by atoms with Crippen LogP contribution in [0.15, 0.2) is 36.5 Å². The number of nitriles is 1. The van der Waals surface area contributed by atoms with Gasteiger partial charge in [0, 0.05) is 22.9 Å². The third-order valence-electron chi connectivity index (χ3n) is 3.46. The van der Waals surface area contributed by atoms with E-state index >= 15 is 0 Å². The molecule has 0 atom stereocenters. The molecule has 1 aromatic heterocycles. The predicted molar refractivity (Wildman–Crippen MR) is 82.5 cm³/mol. The lowest BCUT2D eigenvalue weighted by molar-refractivity contribution is 0.568. The van der Waals surface area contributed by atoms with Gasteiger partial charge in [-0.1, -0.05) is 39.8 Å². The molecule has 0 N–H and O–H groups in total. The van der Waals surface area contributed by atoms with Crippen LogP contribution in [-0.4, -0.2) is 4.98 Å². The van der Waals surface area contributed by atoms with E-state index in [0.29, 0.717) is 5.56 Å². The zero-order valence-electron chi connectivity index (χ0n) is 12.6. The van der Waals surface area contributed by atoms with Gasteiger partial charge in [-0.3, -0.25) is 4.98 Å². The predicted octanol–water partition coefficient (Wildman–Crippen LogP) is 4.48. The van der Waals surface area contributed by atoms with E-state index in [1.54, 1.807) is 0 Å². The van der Waals surface area contributed by atoms with Gasteiger partial charge in [0.2, 0.25) is 0 Å². The highest BCUT2D eigenvalue weighted by Gasteiger charge is 2.17. The van der Waals surface area contributed by atoms with Crippen LogP contribution in [-0.2, 0) is 11.8 Å². The lowest BCUT2D eigenvalue weighted by Crippen LogP contribution is -2.14. The third kappa shape index (κ3) is 2.88. The molecule has 0 fully saturated rings. The van der Waals surface area contributed by atoms with Crippen LogP contribution >= 0.6 is 0 Å². The Kier molecular flexibility index (Phi) is 3.90. The third-order valence-corrected chi connectivity index (χ3v) is 3.46. The summed E-state index contributed by atoms with van der Waals surface area (Å²) in [6.45, 7) is 8.69. The van der Waals surface area contributed by atoms with E-state index < -0.39 is 0 Å². The molecular formula is C18H20N2. The summed E-state index contributed by atoms with van der Waals surface area (Å²) in [6.07, 6.45) is 2.93. The summed E-state index contributed by atoms with van der Waals surface area (Å²) in [4.78, 5) is 4.61. The van der Waals surface area contributed by atoms with Crippen LogP contribution < -0.4 is 0 Å². The normalized spacial score (nSPS) is 11.2. The van der Waals surface area contributed by atoms with Crippen molar-refractivity contribution in [2.75, 3.05) is 0 Å². The fraction of sp³-hybridized carbons (Fsp3) is 0.333. The number of aromatic nitrogens is 1. The molecule has 0 bridgehead atoms. The maximum absolute atomic E-state index is 8.86. The van der Waals surface area contributed by atoms with E-state index in [9.17, 15) is 0 Å². The average molecular weight is 264 g/mol. The van der Waals surface area contributed by atoms with Crippen molar-refractivity contribution in [2.45, 2.75) is 39.5 Å². The summed E-state index contributed by atoms with van der Waals surface area (Å²) in [5.74, 6) is 0. The van der Waals surface area contributed by atoms with Gasteiger partial charge >= 0.3 is 0 Å². The highest BCUT2D eigenvalue weighted by Crippen LogP contribution is 2.28. The lowest BCUT2D eigenvalue weighted by Gasteiger charge is -2.20. The van der Waals surface area contributed by atoms with Crippen molar-refractivity contribution in [3.8, 4) is 17.2 Å². The van der Waals surface area contributed by atoms with Crippen LogP contribution in [0.4, 0.5) is 0 Å². The quantitative estimate of drug-likeness (QED) is 0.801. The largest absolute Gasteiger partial charge is 0.260 e. The van der Waals surface area contributed by atoms with Crippen molar-refractivity contribution >= 4 is 0 Å². The Bertz CT molecular complexity index is 641. The standard InChI is InChI=1S/C18H20N2/c1-5-14-10-17(18(2,3)4)20-12-16(14)15-8-6-13(11-19)7-9-15/h6-10,12H,5H2,1-4H3. The molecule has 2 nitrogen and oxygen atoms in total. The number of rotatable bonds is 2. The zero-order valence-corrected chi connectivity index (χ0v) is 12.6. The van der Waals surface area contributed by atoms with Gasteiger partial charge in [-0.05, 0) is 35.7 Å². The van der Waals surface area contributed by atoms with E-state index in [4.69, 9.17) is 5.26 Å². The molecule has 0 aliphatic heterocycles. The van der Waals surface area contributed by atoms with Gasteiger partial charge in [-0.15, -0.1) is 0 Å². The SMILES string of the molecule is CCc1cc(C(C)(C)C)ncc1-c1ccc(C#N)cc1. The summed E-state index contributed by atoms with van der Waals surface area (Å²) in [6, 6.07) is 12.0. The second kappa shape index (κ2) is 5.46. The maximum Gasteiger partial charge on any atom is 0.0991 e. The monoisotopic (exact) mass is 264 g/mol. The summed E-state index contributed by atoms with van der Waals surface area (Å²) < 4.78 is 0. The van der Waals surface area contributed by atoms with E-state index in [1.165, 1.54) is 5.56 Å². The second-order valence-corrected chi connectivity index (χ2v) is 6.02. The zero-order chi connectivity index (χ0) is 14.8. The van der Waals surface area contributed by atoms with Crippen molar-refractivity contribution in [1.29, 1.82) is 5.26 Å². The number of pyridine rings is 1. The van der Waals surface area contributed by atoms with E-state index in [0.717, 1.165) is 23.2 Å². The van der Waals surface area contributed by atoms with E-state index in [-0.39, 0.29) is 5.41 Å². The molecule has 20 heavy (non-hydrogen) atoms. The van der Waals surface area contributed by atoms with Crippen LogP contribution in [0.3, 0.4) is 0 Å². The first kappa shape index (κ1) is 14.3. The molecule has 102 valence electrons. The number of nitrogens with zero attached hydrogens (tertiary/aromatic N) is 2. The fourth-order valence-electron chi connectivity index (χ4n) is 2.18. The topological polar surface area (TPSA) is 36.7 Å². The first-order valence-electron chi connectivity index (χ1n) is 6.95. The van der Waals surface area contributed by atoms with Crippen LogP contribution in [0, 0.1) is 11.3 Å². The Labute approximate surface area is 121 Å². The molecule has 2 rings (SSSR count). The molecule has 2 heteroatoms. The Morgan fingerprint density at radius 2 is 1.80 bits per heavy atom. The minimum atomic E-state index is 0.0626. The van der Waals surface area contributed by atoms with Gasteiger partial charge < -0.3 is 0 Å². The number of benzene rings is 1. The van der Waals surface area contributed by atoms with Crippen LogP contribution in [0.2, 0.25) is 0 Å². The highest BCUT2D eigenvalue weighted by atomic mass is 14.7. The molecule has 0 saturated carbocycles. The maximum atomic E-state index is 8.86. The van der Waals surface area contributed by atoms with Gasteiger partial charge in [0.1, 0.15) is 0 Å². The molecule has 1 aromatic carbocycles. The van der Waals surface area contributed by atoms with E-state index in [1.807, 2.05) is 30.5 Å². The van der Waals surface area contributed by atoms with Crippen LogP contribution in [0.5, 0.6) is 0 Å². The number of aryl methyl sites for hydroxylation is 1. The highest BCUT2D eigenvalue weighted by molar-refractivity contribution is 5.67. The van der Waals surface area contributed by atoms with Crippen molar-refractivity contribution < 1.29 is 0 Å². The summed E-state index contributed by atoms with van der Waals surface area (Å²) in [7, 11) is 0. The Balaban J connectivity index is 2.49. The van der Waals surface area contributed by atoms with Gasteiger partial charge in [0.05, 0.1) is 11.6 Å². The second-order valence-electron chi connectivity index (χ2n) is 6.02. The summed E-state index contributed by atoms with van der Waals surface area (Å²) in [5, 5.41) is 8.86. The first-order valence-corrected chi connectivity index (χ1v) is 6.95. The van der Waals surface area contributed by atoms with Crippen LogP contribution in [0.25, 0.3) is 11.1 Å². The molecule has 0 spiro atoms. The minimum Gasteiger partial charge on any atom is -0.260 e. The lowest BCUT2D eigenvalue weighted by atomic mass is 9.88. The summed E-state index contributed by atoms with van der Waals surface area (Å²) in [5.41, 5.74) is 5.44. The number of hydrogen-bond acceptors (Lipinski definition) is 2. The molecule has 0 aliphatic rings. The van der Waals surface area contributed by atoms with Crippen LogP contribution in [0.1, 0.15) is 44.5 Å². The molecule has 0 saturated heterocycles. The molecule has 0 radical (unpaired) electrons. The Morgan fingerprint density at radius 1 is 1.15 bits per heavy atom. The Morgan fingerprint density at radius 3 is 2.30 bits per heavy atom. The smallest absolute Gasteiger partial charge is 0.0991 e. The molecule has 0 unspecified atom stereocenters. The van der Waals surface area contributed by atoms with Crippen molar-refractivity contribution in [3.05, 3.63) is 53.3 Å². The van der Waals surface area contributed by atoms with E-state index in [2.05, 4.69) is 44.8 Å². The molecule has 2 aromatic rings. The fourth-order valence-corrected chi connectivity index (χ4v) is 2.18. The average Bonchev–Trinajstić information content (AvgIpc) is 2.45. The van der Waals surface area contributed by atoms with Gasteiger partial charge in [0.15, 0.2) is 0 Å². The Hall–Kier alpha value is -2.14. The van der Waals surface area contributed by atoms with Crippen molar-refractivity contribution in [1.82, 2.24) is 4.98 Å². The number of hydrogen-bond donors (Lipinski definition) is 0. The molecule has 1 heterocycles. The molecule has 0 amide bonds. The van der Waals surface area contributed by atoms with Crippen molar-refractivity contribution in [3.63, 3.8) is 0 Å².